The van der Waals surface area contributed by atoms with Crippen LogP contribution in [-0.4, -0.2) is 22.0 Å². The number of hydrogen-bond acceptors (Lipinski definition) is 4. The molecule has 0 aliphatic carbocycles. The van der Waals surface area contributed by atoms with Crippen LogP contribution in [0.3, 0.4) is 0 Å². The quantitative estimate of drug-likeness (QED) is 0.575. The molecule has 1 aromatic carbocycles. The van der Waals surface area contributed by atoms with Gasteiger partial charge in [-0.05, 0) is 12.0 Å². The number of carbonyl (C=O) groups is 2. The maximum absolute atomic E-state index is 11.6. The molecule has 0 saturated heterocycles. The first-order valence-corrected chi connectivity index (χ1v) is 6.22. The van der Waals surface area contributed by atoms with Crippen molar-refractivity contribution in [1.82, 2.24) is 10.6 Å². The lowest BCUT2D eigenvalue weighted by atomic mass is 9.94. The Kier molecular flexibility index (Phi) is 3.88. The molecule has 110 valence electrons. The Labute approximate surface area is 119 Å². The number of carboxylic acid groups (broad SMARTS) is 1. The normalized spacial score (nSPS) is 18.0. The third kappa shape index (κ3) is 2.83. The molecule has 0 saturated carbocycles. The van der Waals surface area contributed by atoms with E-state index in [0.29, 0.717) is 17.7 Å². The van der Waals surface area contributed by atoms with E-state index in [-0.39, 0.29) is 11.3 Å². The molecule has 21 heavy (non-hydrogen) atoms. The highest BCUT2D eigenvalue weighted by molar-refractivity contribution is 5.93. The molecule has 0 spiro atoms. The first kappa shape index (κ1) is 14.5. The Hall–Kier alpha value is -2.90. The molecule has 0 bridgehead atoms. The summed E-state index contributed by atoms with van der Waals surface area (Å²) in [6.45, 7) is 1.72. The predicted octanol–water partition coefficient (Wildman–Crippen LogP) is 1.70. The molecule has 2 rings (SSSR count). The standard InChI is InChI=1S/C13H13N3O5/c1-2-9-10(12(17)18)11(15-13(19)14-9)7-4-3-5-8(6-7)16(20)21/h3-6,11H,2H2,1H3,(H,17,18)(H2,14,15,19). The van der Waals surface area contributed by atoms with Crippen molar-refractivity contribution in [2.75, 3.05) is 0 Å². The smallest absolute Gasteiger partial charge is 0.335 e. The molecule has 1 aromatic rings. The second-order valence-corrected chi connectivity index (χ2v) is 4.43. The maximum atomic E-state index is 11.6. The minimum Gasteiger partial charge on any atom is -0.478 e. The molecule has 1 unspecified atom stereocenters. The number of rotatable bonds is 4. The van der Waals surface area contributed by atoms with Gasteiger partial charge in [0.1, 0.15) is 0 Å². The Morgan fingerprint density at radius 2 is 2.19 bits per heavy atom. The Bertz CT molecular complexity index is 653. The summed E-state index contributed by atoms with van der Waals surface area (Å²) < 4.78 is 0. The fourth-order valence-corrected chi connectivity index (χ4v) is 2.22. The minimum absolute atomic E-state index is 0.0161. The molecular weight excluding hydrogens is 278 g/mol. The van der Waals surface area contributed by atoms with E-state index in [1.165, 1.54) is 18.2 Å². The van der Waals surface area contributed by atoms with E-state index in [9.17, 15) is 24.8 Å². The summed E-state index contributed by atoms with van der Waals surface area (Å²) in [5.74, 6) is -1.18. The molecule has 0 fully saturated rings. The number of amides is 2. The number of non-ortho nitro benzene ring substituents is 1. The van der Waals surface area contributed by atoms with Crippen molar-refractivity contribution in [1.29, 1.82) is 0 Å². The molecule has 1 aliphatic rings. The highest BCUT2D eigenvalue weighted by atomic mass is 16.6. The van der Waals surface area contributed by atoms with Gasteiger partial charge in [-0.15, -0.1) is 0 Å². The topological polar surface area (TPSA) is 122 Å². The largest absolute Gasteiger partial charge is 0.478 e. The third-order valence-electron chi connectivity index (χ3n) is 3.15. The van der Waals surface area contributed by atoms with Crippen molar-refractivity contribution in [3.63, 3.8) is 0 Å². The first-order valence-electron chi connectivity index (χ1n) is 6.22. The van der Waals surface area contributed by atoms with Gasteiger partial charge in [0.15, 0.2) is 0 Å². The summed E-state index contributed by atoms with van der Waals surface area (Å²) in [5, 5.41) is 25.1. The van der Waals surface area contributed by atoms with Gasteiger partial charge in [0.25, 0.3) is 5.69 Å². The van der Waals surface area contributed by atoms with Crippen molar-refractivity contribution in [3.05, 3.63) is 51.2 Å². The van der Waals surface area contributed by atoms with Gasteiger partial charge in [-0.2, -0.15) is 0 Å². The predicted molar refractivity (Wildman–Crippen MR) is 72.5 cm³/mol. The summed E-state index contributed by atoms with van der Waals surface area (Å²) in [4.78, 5) is 33.3. The highest BCUT2D eigenvalue weighted by Gasteiger charge is 2.32. The molecule has 0 aromatic heterocycles. The number of aliphatic carboxylic acids is 1. The van der Waals surface area contributed by atoms with Crippen molar-refractivity contribution in [2.24, 2.45) is 0 Å². The van der Waals surface area contributed by atoms with Crippen LogP contribution >= 0.6 is 0 Å². The van der Waals surface area contributed by atoms with E-state index < -0.39 is 23.0 Å². The Morgan fingerprint density at radius 3 is 2.76 bits per heavy atom. The zero-order chi connectivity index (χ0) is 15.6. The van der Waals surface area contributed by atoms with Crippen LogP contribution in [0.5, 0.6) is 0 Å². The number of benzene rings is 1. The molecule has 8 heteroatoms. The zero-order valence-electron chi connectivity index (χ0n) is 11.1. The average Bonchev–Trinajstić information content (AvgIpc) is 2.45. The lowest BCUT2D eigenvalue weighted by Crippen LogP contribution is -2.45. The molecule has 2 amide bonds. The van der Waals surface area contributed by atoms with E-state index >= 15 is 0 Å². The van der Waals surface area contributed by atoms with Gasteiger partial charge in [-0.3, -0.25) is 10.1 Å². The van der Waals surface area contributed by atoms with E-state index in [0.717, 1.165) is 0 Å². The second-order valence-electron chi connectivity index (χ2n) is 4.43. The summed E-state index contributed by atoms with van der Waals surface area (Å²) in [6, 6.07) is 4.09. The fourth-order valence-electron chi connectivity index (χ4n) is 2.22. The molecule has 1 atom stereocenters. The molecule has 3 N–H and O–H groups in total. The number of nitrogens with zero attached hydrogens (tertiary/aromatic N) is 1. The number of hydrogen-bond donors (Lipinski definition) is 3. The highest BCUT2D eigenvalue weighted by Crippen LogP contribution is 2.29. The molecule has 1 heterocycles. The third-order valence-corrected chi connectivity index (χ3v) is 3.15. The van der Waals surface area contributed by atoms with Gasteiger partial charge in [-0.25, -0.2) is 9.59 Å². The van der Waals surface area contributed by atoms with Gasteiger partial charge in [0.05, 0.1) is 16.5 Å². The van der Waals surface area contributed by atoms with Gasteiger partial charge in [0.2, 0.25) is 0 Å². The summed E-state index contributed by atoms with van der Waals surface area (Å²) >= 11 is 0. The van der Waals surface area contributed by atoms with Crippen LogP contribution in [0.25, 0.3) is 0 Å². The number of nitro groups is 1. The number of nitrogens with one attached hydrogen (secondary N) is 2. The Morgan fingerprint density at radius 1 is 1.48 bits per heavy atom. The molecule has 8 nitrogen and oxygen atoms in total. The molecular formula is C13H13N3O5. The minimum atomic E-state index is -1.18. The van der Waals surface area contributed by atoms with Gasteiger partial charge in [0, 0.05) is 17.8 Å². The van der Waals surface area contributed by atoms with E-state index in [2.05, 4.69) is 10.6 Å². The zero-order valence-corrected chi connectivity index (χ0v) is 11.1. The summed E-state index contributed by atoms with van der Waals surface area (Å²) in [7, 11) is 0. The van der Waals surface area contributed by atoms with E-state index in [1.54, 1.807) is 13.0 Å². The summed E-state index contributed by atoms with van der Waals surface area (Å²) in [5.41, 5.74) is 0.464. The first-order chi connectivity index (χ1) is 9.93. The van der Waals surface area contributed by atoms with Crippen molar-refractivity contribution in [2.45, 2.75) is 19.4 Å². The monoisotopic (exact) mass is 291 g/mol. The lowest BCUT2D eigenvalue weighted by Gasteiger charge is -2.27. The van der Waals surface area contributed by atoms with Crippen LogP contribution in [0.1, 0.15) is 24.9 Å². The van der Waals surface area contributed by atoms with Crippen molar-refractivity contribution < 1.29 is 19.6 Å². The average molecular weight is 291 g/mol. The fraction of sp³-hybridized carbons (Fsp3) is 0.231. The number of carbonyl (C=O) groups excluding carboxylic acids is 1. The van der Waals surface area contributed by atoms with Gasteiger partial charge in [-0.1, -0.05) is 19.1 Å². The van der Waals surface area contributed by atoms with Crippen LogP contribution in [-0.2, 0) is 4.79 Å². The van der Waals surface area contributed by atoms with E-state index in [4.69, 9.17) is 0 Å². The number of allylic oxidation sites excluding steroid dienone is 1. The molecule has 1 aliphatic heterocycles. The number of carboxylic acids is 1. The van der Waals surface area contributed by atoms with Gasteiger partial charge < -0.3 is 15.7 Å². The van der Waals surface area contributed by atoms with Crippen LogP contribution in [0.2, 0.25) is 0 Å². The van der Waals surface area contributed by atoms with Crippen LogP contribution in [0.15, 0.2) is 35.5 Å². The molecule has 0 radical (unpaired) electrons. The SMILES string of the molecule is CCC1=C(C(=O)O)C(c2cccc([N+](=O)[O-])c2)NC(=O)N1. The van der Waals surface area contributed by atoms with E-state index in [1.807, 2.05) is 0 Å². The van der Waals surface area contributed by atoms with Crippen LogP contribution < -0.4 is 10.6 Å². The van der Waals surface area contributed by atoms with Crippen molar-refractivity contribution >= 4 is 17.7 Å². The van der Waals surface area contributed by atoms with Gasteiger partial charge >= 0.3 is 12.0 Å². The maximum Gasteiger partial charge on any atom is 0.335 e. The van der Waals surface area contributed by atoms with Crippen LogP contribution in [0, 0.1) is 10.1 Å². The number of nitro benzene ring substituents is 1. The summed E-state index contributed by atoms with van der Waals surface area (Å²) in [6.07, 6.45) is 0.334. The lowest BCUT2D eigenvalue weighted by molar-refractivity contribution is -0.384. The van der Waals surface area contributed by atoms with Crippen molar-refractivity contribution in [3.8, 4) is 0 Å². The second kappa shape index (κ2) is 5.61. The van der Waals surface area contributed by atoms with Crippen LogP contribution in [0.4, 0.5) is 10.5 Å². The number of urea groups is 1. The Balaban J connectivity index is 2.54.